The van der Waals surface area contributed by atoms with Crippen molar-refractivity contribution in [3.63, 3.8) is 0 Å². The first kappa shape index (κ1) is 18.1. The summed E-state index contributed by atoms with van der Waals surface area (Å²) in [5, 5.41) is 6.24. The standard InChI is InChI=1S/C16H25N3O.HI/c1-17-16(18-2)19-12-13-8-10-15(11-9-13)20-14-6-4-3-5-7-14;/h8-11,14H,3-7,12H2,1-2H3,(H2,17,18,19);1H. The minimum atomic E-state index is 0. The maximum atomic E-state index is 6.02. The zero-order valence-electron chi connectivity index (χ0n) is 12.9. The predicted octanol–water partition coefficient (Wildman–Crippen LogP) is 3.31. The third-order valence-electron chi connectivity index (χ3n) is 3.70. The van der Waals surface area contributed by atoms with Gasteiger partial charge in [0.15, 0.2) is 5.96 Å². The Morgan fingerprint density at radius 2 is 1.86 bits per heavy atom. The summed E-state index contributed by atoms with van der Waals surface area (Å²) in [5.41, 5.74) is 1.22. The molecular weight excluding hydrogens is 377 g/mol. The van der Waals surface area contributed by atoms with Crippen LogP contribution >= 0.6 is 24.0 Å². The second kappa shape index (κ2) is 9.87. The number of rotatable bonds is 4. The summed E-state index contributed by atoms with van der Waals surface area (Å²) in [6, 6.07) is 8.34. The molecule has 0 radical (unpaired) electrons. The molecule has 1 aliphatic rings. The second-order valence-electron chi connectivity index (χ2n) is 5.20. The molecule has 2 rings (SSSR count). The van der Waals surface area contributed by atoms with E-state index in [1.165, 1.54) is 37.7 Å². The lowest BCUT2D eigenvalue weighted by molar-refractivity contribution is 0.155. The van der Waals surface area contributed by atoms with Crippen molar-refractivity contribution < 1.29 is 4.74 Å². The van der Waals surface area contributed by atoms with Crippen molar-refractivity contribution in [3.8, 4) is 5.75 Å². The van der Waals surface area contributed by atoms with Crippen LogP contribution in [0.3, 0.4) is 0 Å². The van der Waals surface area contributed by atoms with E-state index >= 15 is 0 Å². The molecule has 1 fully saturated rings. The van der Waals surface area contributed by atoms with Gasteiger partial charge < -0.3 is 15.4 Å². The van der Waals surface area contributed by atoms with Crippen molar-refractivity contribution in [1.29, 1.82) is 0 Å². The highest BCUT2D eigenvalue weighted by atomic mass is 127. The summed E-state index contributed by atoms with van der Waals surface area (Å²) in [4.78, 5) is 4.09. The van der Waals surface area contributed by atoms with Gasteiger partial charge in [-0.3, -0.25) is 4.99 Å². The maximum Gasteiger partial charge on any atom is 0.190 e. The molecule has 1 aliphatic carbocycles. The summed E-state index contributed by atoms with van der Waals surface area (Å²) in [7, 11) is 3.62. The largest absolute Gasteiger partial charge is 0.490 e. The Balaban J connectivity index is 0.00000220. The topological polar surface area (TPSA) is 45.7 Å². The van der Waals surface area contributed by atoms with Gasteiger partial charge in [0.2, 0.25) is 0 Å². The third-order valence-corrected chi connectivity index (χ3v) is 3.70. The van der Waals surface area contributed by atoms with Crippen LogP contribution in [0.2, 0.25) is 0 Å². The van der Waals surface area contributed by atoms with Crippen molar-refractivity contribution >= 4 is 29.9 Å². The Labute approximate surface area is 144 Å². The lowest BCUT2D eigenvalue weighted by Crippen LogP contribution is -2.34. The molecule has 0 atom stereocenters. The number of ether oxygens (including phenoxy) is 1. The monoisotopic (exact) mass is 403 g/mol. The number of hydrogen-bond acceptors (Lipinski definition) is 2. The quantitative estimate of drug-likeness (QED) is 0.461. The van der Waals surface area contributed by atoms with E-state index in [2.05, 4.69) is 39.9 Å². The lowest BCUT2D eigenvalue weighted by Gasteiger charge is -2.23. The minimum absolute atomic E-state index is 0. The molecule has 5 heteroatoms. The molecule has 1 saturated carbocycles. The van der Waals surface area contributed by atoms with E-state index in [9.17, 15) is 0 Å². The van der Waals surface area contributed by atoms with E-state index in [-0.39, 0.29) is 24.0 Å². The van der Waals surface area contributed by atoms with Crippen LogP contribution in [-0.4, -0.2) is 26.2 Å². The summed E-state index contributed by atoms with van der Waals surface area (Å²) in [6.07, 6.45) is 6.77. The molecule has 0 aliphatic heterocycles. The van der Waals surface area contributed by atoms with Crippen molar-refractivity contribution in [2.75, 3.05) is 14.1 Å². The van der Waals surface area contributed by atoms with Gasteiger partial charge >= 0.3 is 0 Å². The first-order chi connectivity index (χ1) is 9.81. The molecule has 0 saturated heterocycles. The van der Waals surface area contributed by atoms with Crippen LogP contribution in [0.25, 0.3) is 0 Å². The Bertz CT molecular complexity index is 428. The van der Waals surface area contributed by atoms with E-state index in [0.717, 1.165) is 18.3 Å². The summed E-state index contributed by atoms with van der Waals surface area (Å²) >= 11 is 0. The second-order valence-corrected chi connectivity index (χ2v) is 5.20. The van der Waals surface area contributed by atoms with Gasteiger partial charge in [0.1, 0.15) is 5.75 Å². The van der Waals surface area contributed by atoms with E-state index in [1.54, 1.807) is 7.05 Å². The lowest BCUT2D eigenvalue weighted by atomic mass is 9.98. The Morgan fingerprint density at radius 1 is 1.19 bits per heavy atom. The van der Waals surface area contributed by atoms with Crippen molar-refractivity contribution in [3.05, 3.63) is 29.8 Å². The zero-order chi connectivity index (χ0) is 14.2. The number of halogens is 1. The highest BCUT2D eigenvalue weighted by Gasteiger charge is 2.14. The molecule has 2 N–H and O–H groups in total. The summed E-state index contributed by atoms with van der Waals surface area (Å²) < 4.78 is 6.02. The fourth-order valence-corrected chi connectivity index (χ4v) is 2.53. The van der Waals surface area contributed by atoms with Crippen molar-refractivity contribution in [2.24, 2.45) is 4.99 Å². The van der Waals surface area contributed by atoms with Crippen LogP contribution in [0, 0.1) is 0 Å². The minimum Gasteiger partial charge on any atom is -0.490 e. The zero-order valence-corrected chi connectivity index (χ0v) is 15.2. The van der Waals surface area contributed by atoms with Crippen LogP contribution in [0.15, 0.2) is 29.3 Å². The number of hydrogen-bond donors (Lipinski definition) is 2. The number of benzene rings is 1. The van der Waals surface area contributed by atoms with Gasteiger partial charge in [-0.25, -0.2) is 0 Å². The molecule has 0 spiro atoms. The fraction of sp³-hybridized carbons (Fsp3) is 0.562. The van der Waals surface area contributed by atoms with Gasteiger partial charge in [-0.1, -0.05) is 18.6 Å². The van der Waals surface area contributed by atoms with Crippen LogP contribution in [0.5, 0.6) is 5.75 Å². The fourth-order valence-electron chi connectivity index (χ4n) is 2.53. The van der Waals surface area contributed by atoms with E-state index < -0.39 is 0 Å². The highest BCUT2D eigenvalue weighted by molar-refractivity contribution is 14.0. The van der Waals surface area contributed by atoms with Gasteiger partial charge in [-0.15, -0.1) is 24.0 Å². The first-order valence-corrected chi connectivity index (χ1v) is 7.46. The average Bonchev–Trinajstić information content (AvgIpc) is 2.51. The number of guanidine groups is 1. The van der Waals surface area contributed by atoms with Gasteiger partial charge in [0.05, 0.1) is 6.10 Å². The third kappa shape index (κ3) is 6.11. The molecule has 21 heavy (non-hydrogen) atoms. The first-order valence-electron chi connectivity index (χ1n) is 7.46. The number of aliphatic imine (C=N–C) groups is 1. The summed E-state index contributed by atoms with van der Waals surface area (Å²) in [5.74, 6) is 1.78. The Morgan fingerprint density at radius 3 is 2.43 bits per heavy atom. The van der Waals surface area contributed by atoms with Gasteiger partial charge in [0.25, 0.3) is 0 Å². The SMILES string of the molecule is CN=C(NC)NCc1ccc(OC2CCCCC2)cc1.I. The van der Waals surface area contributed by atoms with Crippen LogP contribution in [0.4, 0.5) is 0 Å². The van der Waals surface area contributed by atoms with Gasteiger partial charge in [-0.05, 0) is 43.4 Å². The molecule has 0 amide bonds. The molecule has 0 unspecified atom stereocenters. The Hall–Kier alpha value is -0.980. The van der Waals surface area contributed by atoms with Crippen LogP contribution < -0.4 is 15.4 Å². The molecular formula is C16H26IN3O. The van der Waals surface area contributed by atoms with Crippen LogP contribution in [0.1, 0.15) is 37.7 Å². The van der Waals surface area contributed by atoms with E-state index in [0.29, 0.717) is 6.10 Å². The molecule has 1 aromatic carbocycles. The van der Waals surface area contributed by atoms with E-state index in [4.69, 9.17) is 4.74 Å². The Kier molecular flexibility index (Phi) is 8.49. The smallest absolute Gasteiger partial charge is 0.190 e. The van der Waals surface area contributed by atoms with Crippen molar-refractivity contribution in [1.82, 2.24) is 10.6 Å². The molecule has 4 nitrogen and oxygen atoms in total. The number of nitrogens with zero attached hydrogens (tertiary/aromatic N) is 1. The maximum absolute atomic E-state index is 6.02. The number of nitrogens with one attached hydrogen (secondary N) is 2. The van der Waals surface area contributed by atoms with Gasteiger partial charge in [-0.2, -0.15) is 0 Å². The normalized spacial score (nSPS) is 16.0. The van der Waals surface area contributed by atoms with Crippen molar-refractivity contribution in [2.45, 2.75) is 44.8 Å². The average molecular weight is 403 g/mol. The molecule has 118 valence electrons. The summed E-state index contributed by atoms with van der Waals surface area (Å²) in [6.45, 7) is 0.761. The van der Waals surface area contributed by atoms with E-state index in [1.807, 2.05) is 7.05 Å². The molecule has 0 heterocycles. The predicted molar refractivity (Wildman–Crippen MR) is 98.6 cm³/mol. The highest BCUT2D eigenvalue weighted by Crippen LogP contribution is 2.23. The molecule has 1 aromatic rings. The molecule has 0 bridgehead atoms. The van der Waals surface area contributed by atoms with Gasteiger partial charge in [0, 0.05) is 20.6 Å². The van der Waals surface area contributed by atoms with Crippen LogP contribution in [-0.2, 0) is 6.54 Å². The molecule has 0 aromatic heterocycles.